The van der Waals surface area contributed by atoms with E-state index in [1.54, 1.807) is 30.7 Å². The normalized spacial score (nSPS) is 15.9. The van der Waals surface area contributed by atoms with Gasteiger partial charge < -0.3 is 9.47 Å². The van der Waals surface area contributed by atoms with Crippen molar-refractivity contribution in [1.29, 1.82) is 0 Å². The predicted octanol–water partition coefficient (Wildman–Crippen LogP) is 2.98. The fourth-order valence-corrected chi connectivity index (χ4v) is 4.73. The van der Waals surface area contributed by atoms with Crippen LogP contribution in [-0.4, -0.2) is 28.2 Å². The molecular weight excluding hydrogens is 438 g/mol. The number of aromatic nitrogens is 2. The van der Waals surface area contributed by atoms with Crippen LogP contribution in [0.15, 0.2) is 69.7 Å². The highest BCUT2D eigenvalue weighted by Crippen LogP contribution is 2.31. The fourth-order valence-electron chi connectivity index (χ4n) is 3.70. The zero-order valence-corrected chi connectivity index (χ0v) is 19.8. The first-order chi connectivity index (χ1) is 15.9. The molecule has 0 amide bonds. The van der Waals surface area contributed by atoms with E-state index in [0.717, 1.165) is 11.3 Å². The van der Waals surface area contributed by atoms with Gasteiger partial charge in [0.15, 0.2) is 4.80 Å². The standard InChI is InChI=1S/C25H25N3O4S/c1-5-31-24(30)21-16(4)27-25-28(22(21)17-9-11-19(12-10-17)32-15(2)3)23(29)20(33-25)14-18-8-6-7-13-26-18/h6-15,22H,5H2,1-4H3/t22-/m0/s1. The molecule has 0 bridgehead atoms. The van der Waals surface area contributed by atoms with Gasteiger partial charge in [-0.3, -0.25) is 14.3 Å². The van der Waals surface area contributed by atoms with Gasteiger partial charge in [0.2, 0.25) is 0 Å². The van der Waals surface area contributed by atoms with E-state index >= 15 is 0 Å². The second kappa shape index (κ2) is 9.54. The molecule has 7 nitrogen and oxygen atoms in total. The maximum atomic E-state index is 13.5. The molecule has 0 spiro atoms. The first-order valence-corrected chi connectivity index (χ1v) is 11.6. The lowest BCUT2D eigenvalue weighted by Crippen LogP contribution is -2.39. The molecule has 3 aromatic rings. The molecule has 3 heterocycles. The lowest BCUT2D eigenvalue weighted by molar-refractivity contribution is -0.139. The molecule has 0 N–H and O–H groups in total. The minimum Gasteiger partial charge on any atom is -0.491 e. The number of esters is 1. The molecule has 0 unspecified atom stereocenters. The topological polar surface area (TPSA) is 82.8 Å². The summed E-state index contributed by atoms with van der Waals surface area (Å²) in [6, 6.07) is 12.3. The van der Waals surface area contributed by atoms with Gasteiger partial charge in [-0.25, -0.2) is 9.79 Å². The SMILES string of the molecule is CCOC(=O)C1=C(C)N=c2sc(=Cc3ccccn3)c(=O)n2[C@H]1c1ccc(OC(C)C)cc1. The molecule has 1 aromatic carbocycles. The predicted molar refractivity (Wildman–Crippen MR) is 127 cm³/mol. The van der Waals surface area contributed by atoms with Crippen molar-refractivity contribution in [3.8, 4) is 5.75 Å². The van der Waals surface area contributed by atoms with E-state index in [2.05, 4.69) is 9.98 Å². The summed E-state index contributed by atoms with van der Waals surface area (Å²) in [4.78, 5) is 35.8. The number of benzene rings is 1. The Labute approximate surface area is 195 Å². The quantitative estimate of drug-likeness (QED) is 0.525. The van der Waals surface area contributed by atoms with Gasteiger partial charge in [-0.15, -0.1) is 0 Å². The van der Waals surface area contributed by atoms with E-state index in [-0.39, 0.29) is 18.3 Å². The van der Waals surface area contributed by atoms with Gasteiger partial charge in [-0.05, 0) is 63.6 Å². The molecule has 0 aliphatic carbocycles. The first-order valence-electron chi connectivity index (χ1n) is 10.8. The van der Waals surface area contributed by atoms with Crippen molar-refractivity contribution < 1.29 is 14.3 Å². The van der Waals surface area contributed by atoms with Gasteiger partial charge in [-0.2, -0.15) is 0 Å². The summed E-state index contributed by atoms with van der Waals surface area (Å²) >= 11 is 1.27. The van der Waals surface area contributed by atoms with Gasteiger partial charge in [0.1, 0.15) is 5.75 Å². The Bertz CT molecular complexity index is 1370. The number of pyridine rings is 1. The number of carbonyl (C=O) groups excluding carboxylic acids is 1. The molecule has 33 heavy (non-hydrogen) atoms. The number of thiazole rings is 1. The third-order valence-electron chi connectivity index (χ3n) is 5.05. The number of fused-ring (bicyclic) bond motifs is 1. The average Bonchev–Trinajstić information content (AvgIpc) is 3.08. The molecule has 8 heteroatoms. The summed E-state index contributed by atoms with van der Waals surface area (Å²) < 4.78 is 13.1. The van der Waals surface area contributed by atoms with Crippen LogP contribution in [0.3, 0.4) is 0 Å². The largest absolute Gasteiger partial charge is 0.491 e. The summed E-state index contributed by atoms with van der Waals surface area (Å²) in [7, 11) is 0. The molecule has 0 radical (unpaired) electrons. The van der Waals surface area contributed by atoms with Gasteiger partial charge in [-0.1, -0.05) is 29.5 Å². The number of carbonyl (C=O) groups is 1. The third kappa shape index (κ3) is 4.66. The monoisotopic (exact) mass is 463 g/mol. The third-order valence-corrected chi connectivity index (χ3v) is 6.03. The lowest BCUT2D eigenvalue weighted by atomic mass is 9.96. The molecule has 2 aromatic heterocycles. The Morgan fingerprint density at radius 2 is 1.97 bits per heavy atom. The van der Waals surface area contributed by atoms with Gasteiger partial charge in [0, 0.05) is 6.20 Å². The van der Waals surface area contributed by atoms with E-state index in [0.29, 0.717) is 26.3 Å². The Morgan fingerprint density at radius 3 is 2.61 bits per heavy atom. The molecule has 1 aliphatic rings. The number of hydrogen-bond acceptors (Lipinski definition) is 7. The van der Waals surface area contributed by atoms with Crippen molar-refractivity contribution in [2.24, 2.45) is 4.99 Å². The van der Waals surface area contributed by atoms with E-state index < -0.39 is 12.0 Å². The minimum absolute atomic E-state index is 0.0392. The Balaban J connectivity index is 1.90. The Kier molecular flexibility index (Phi) is 6.55. The van der Waals surface area contributed by atoms with E-state index in [4.69, 9.17) is 9.47 Å². The fraction of sp³-hybridized carbons (Fsp3) is 0.280. The minimum atomic E-state index is -0.653. The zero-order valence-electron chi connectivity index (χ0n) is 18.9. The van der Waals surface area contributed by atoms with Crippen molar-refractivity contribution in [3.63, 3.8) is 0 Å². The molecule has 0 saturated heterocycles. The summed E-state index contributed by atoms with van der Waals surface area (Å²) in [5.74, 6) is 0.236. The number of rotatable bonds is 6. The van der Waals surface area contributed by atoms with Crippen molar-refractivity contribution >= 4 is 23.4 Å². The van der Waals surface area contributed by atoms with Crippen LogP contribution in [0.1, 0.15) is 45.0 Å². The number of nitrogens with zero attached hydrogens (tertiary/aromatic N) is 3. The summed E-state index contributed by atoms with van der Waals surface area (Å²) in [5, 5.41) is 0. The van der Waals surface area contributed by atoms with Gasteiger partial charge in [0.05, 0.1) is 40.2 Å². The molecule has 170 valence electrons. The molecule has 1 atom stereocenters. The van der Waals surface area contributed by atoms with Crippen LogP contribution < -0.4 is 19.6 Å². The molecule has 0 fully saturated rings. The maximum absolute atomic E-state index is 13.5. The highest BCUT2D eigenvalue weighted by atomic mass is 32.1. The number of ether oxygens (including phenoxy) is 2. The van der Waals surface area contributed by atoms with Crippen LogP contribution in [-0.2, 0) is 9.53 Å². The highest BCUT2D eigenvalue weighted by Gasteiger charge is 2.33. The maximum Gasteiger partial charge on any atom is 0.338 e. The molecule has 4 rings (SSSR count). The van der Waals surface area contributed by atoms with E-state index in [9.17, 15) is 9.59 Å². The van der Waals surface area contributed by atoms with Crippen molar-refractivity contribution in [3.05, 3.63) is 90.9 Å². The van der Waals surface area contributed by atoms with Crippen molar-refractivity contribution in [1.82, 2.24) is 9.55 Å². The summed E-state index contributed by atoms with van der Waals surface area (Å²) in [5.41, 5.74) is 2.11. The lowest BCUT2D eigenvalue weighted by Gasteiger charge is -2.25. The second-order valence-corrected chi connectivity index (χ2v) is 8.80. The van der Waals surface area contributed by atoms with E-state index in [1.165, 1.54) is 11.3 Å². The summed E-state index contributed by atoms with van der Waals surface area (Å²) in [6.45, 7) is 7.67. The van der Waals surface area contributed by atoms with Crippen LogP contribution in [0, 0.1) is 0 Å². The Hall–Kier alpha value is -3.52. The molecule has 0 saturated carbocycles. The van der Waals surface area contributed by atoms with Gasteiger partial charge >= 0.3 is 5.97 Å². The summed E-state index contributed by atoms with van der Waals surface area (Å²) in [6.07, 6.45) is 3.46. The smallest absolute Gasteiger partial charge is 0.338 e. The van der Waals surface area contributed by atoms with Gasteiger partial charge in [0.25, 0.3) is 5.56 Å². The second-order valence-electron chi connectivity index (χ2n) is 7.79. The van der Waals surface area contributed by atoms with Crippen LogP contribution in [0.5, 0.6) is 5.75 Å². The molecule has 1 aliphatic heterocycles. The van der Waals surface area contributed by atoms with Crippen molar-refractivity contribution in [2.75, 3.05) is 6.61 Å². The van der Waals surface area contributed by atoms with Crippen LogP contribution in [0.4, 0.5) is 0 Å². The first kappa shape index (κ1) is 22.7. The Morgan fingerprint density at radius 1 is 1.21 bits per heavy atom. The molecular formula is C25H25N3O4S. The highest BCUT2D eigenvalue weighted by molar-refractivity contribution is 7.07. The van der Waals surface area contributed by atoms with Crippen LogP contribution >= 0.6 is 11.3 Å². The zero-order chi connectivity index (χ0) is 23.5. The van der Waals surface area contributed by atoms with E-state index in [1.807, 2.05) is 56.3 Å². The van der Waals surface area contributed by atoms with Crippen LogP contribution in [0.25, 0.3) is 6.08 Å². The van der Waals surface area contributed by atoms with Crippen LogP contribution in [0.2, 0.25) is 0 Å². The number of hydrogen-bond donors (Lipinski definition) is 0. The van der Waals surface area contributed by atoms with Crippen molar-refractivity contribution in [2.45, 2.75) is 39.8 Å². The average molecular weight is 464 g/mol. The number of allylic oxidation sites excluding steroid dienone is 1.